The zero-order chi connectivity index (χ0) is 15.7. The molecule has 4 heteroatoms. The quantitative estimate of drug-likeness (QED) is 0.655. The first-order valence-electron chi connectivity index (χ1n) is 6.98. The van der Waals surface area contributed by atoms with Crippen molar-refractivity contribution in [1.82, 2.24) is 0 Å². The maximum absolute atomic E-state index is 13.5. The van der Waals surface area contributed by atoms with Crippen molar-refractivity contribution in [1.29, 1.82) is 5.26 Å². The Labute approximate surface area is 137 Å². The summed E-state index contributed by atoms with van der Waals surface area (Å²) in [5, 5.41) is 9.50. The lowest BCUT2D eigenvalue weighted by molar-refractivity contribution is 0.305. The Balaban J connectivity index is 2.36. The van der Waals surface area contributed by atoms with Gasteiger partial charge in [-0.25, -0.2) is 4.39 Å². The van der Waals surface area contributed by atoms with Gasteiger partial charge in [0.1, 0.15) is 18.2 Å². The van der Waals surface area contributed by atoms with Gasteiger partial charge < -0.3 is 4.74 Å². The summed E-state index contributed by atoms with van der Waals surface area (Å²) in [6.07, 6.45) is 0.609. The van der Waals surface area contributed by atoms with Crippen molar-refractivity contribution in [2.75, 3.05) is 0 Å². The highest BCUT2D eigenvalue weighted by Gasteiger charge is 2.22. The SMILES string of the molecule is CC/C(C#N)=C1/c2ccc(Br)cc2COc2cc(F)ccc21. The molecular weight excluding hydrogens is 345 g/mol. The van der Waals surface area contributed by atoms with Crippen LogP contribution in [0.2, 0.25) is 0 Å². The highest BCUT2D eigenvalue weighted by Crippen LogP contribution is 2.40. The zero-order valence-corrected chi connectivity index (χ0v) is 13.6. The summed E-state index contributed by atoms with van der Waals surface area (Å²) in [4.78, 5) is 0. The largest absolute Gasteiger partial charge is 0.488 e. The van der Waals surface area contributed by atoms with Gasteiger partial charge in [0.25, 0.3) is 0 Å². The molecule has 0 saturated heterocycles. The standard InChI is InChI=1S/C18H13BrFNO/c1-2-11(9-21)18-15-5-3-13(19)7-12(15)10-22-17-8-14(20)4-6-16(17)18/h3-8H,2,10H2,1H3/b18-11+. The minimum Gasteiger partial charge on any atom is -0.488 e. The van der Waals surface area contributed by atoms with Gasteiger partial charge in [0, 0.05) is 27.2 Å². The Bertz CT molecular complexity index is 765. The number of ether oxygens (including phenoxy) is 1. The van der Waals surface area contributed by atoms with Crippen LogP contribution in [-0.2, 0) is 6.61 Å². The van der Waals surface area contributed by atoms with Crippen molar-refractivity contribution in [3.63, 3.8) is 0 Å². The third-order valence-corrected chi connectivity index (χ3v) is 4.22. The number of nitriles is 1. The van der Waals surface area contributed by atoms with Crippen LogP contribution in [0, 0.1) is 17.1 Å². The van der Waals surface area contributed by atoms with E-state index in [-0.39, 0.29) is 5.82 Å². The van der Waals surface area contributed by atoms with Gasteiger partial charge in [0.15, 0.2) is 0 Å². The molecule has 110 valence electrons. The molecule has 2 nitrogen and oxygen atoms in total. The molecule has 0 aliphatic carbocycles. The fourth-order valence-corrected chi connectivity index (χ4v) is 3.09. The van der Waals surface area contributed by atoms with Crippen LogP contribution in [0.25, 0.3) is 5.57 Å². The normalized spacial score (nSPS) is 15.0. The van der Waals surface area contributed by atoms with Crippen LogP contribution in [0.4, 0.5) is 4.39 Å². The number of hydrogen-bond donors (Lipinski definition) is 0. The van der Waals surface area contributed by atoms with Gasteiger partial charge >= 0.3 is 0 Å². The van der Waals surface area contributed by atoms with Gasteiger partial charge in [-0.2, -0.15) is 5.26 Å². The number of hydrogen-bond acceptors (Lipinski definition) is 2. The summed E-state index contributed by atoms with van der Waals surface area (Å²) >= 11 is 3.46. The maximum Gasteiger partial charge on any atom is 0.130 e. The van der Waals surface area contributed by atoms with Crippen LogP contribution in [-0.4, -0.2) is 0 Å². The molecule has 0 radical (unpaired) electrons. The second kappa shape index (κ2) is 5.94. The van der Waals surface area contributed by atoms with E-state index in [0.29, 0.717) is 24.4 Å². The van der Waals surface area contributed by atoms with E-state index < -0.39 is 0 Å². The molecule has 0 saturated carbocycles. The van der Waals surface area contributed by atoms with Crippen molar-refractivity contribution in [3.05, 3.63) is 69.0 Å². The Kier molecular flexibility index (Phi) is 4.00. The number of rotatable bonds is 1. The van der Waals surface area contributed by atoms with E-state index in [2.05, 4.69) is 22.0 Å². The summed E-state index contributed by atoms with van der Waals surface area (Å²) in [5.74, 6) is 0.128. The van der Waals surface area contributed by atoms with Crippen molar-refractivity contribution < 1.29 is 9.13 Å². The summed E-state index contributed by atoms with van der Waals surface area (Å²) < 4.78 is 20.3. The molecule has 1 heterocycles. The molecule has 2 aromatic rings. The van der Waals surface area contributed by atoms with Crippen molar-refractivity contribution in [3.8, 4) is 11.8 Å². The summed E-state index contributed by atoms with van der Waals surface area (Å²) in [6, 6.07) is 12.6. The number of allylic oxidation sites excluding steroid dienone is 1. The number of nitrogens with zero attached hydrogens (tertiary/aromatic N) is 1. The van der Waals surface area contributed by atoms with Crippen LogP contribution < -0.4 is 4.74 Å². The van der Waals surface area contributed by atoms with Gasteiger partial charge in [-0.3, -0.25) is 0 Å². The van der Waals surface area contributed by atoms with E-state index in [1.54, 1.807) is 6.07 Å². The van der Waals surface area contributed by atoms with Crippen LogP contribution in [0.5, 0.6) is 5.75 Å². The first kappa shape index (κ1) is 14.8. The van der Waals surface area contributed by atoms with E-state index in [1.165, 1.54) is 12.1 Å². The molecule has 22 heavy (non-hydrogen) atoms. The lowest BCUT2D eigenvalue weighted by Crippen LogP contribution is -1.96. The highest BCUT2D eigenvalue weighted by atomic mass is 79.9. The van der Waals surface area contributed by atoms with Gasteiger partial charge in [-0.05, 0) is 41.8 Å². The van der Waals surface area contributed by atoms with E-state index in [9.17, 15) is 9.65 Å². The molecule has 0 spiro atoms. The molecule has 0 aromatic heterocycles. The summed E-state index contributed by atoms with van der Waals surface area (Å²) in [6.45, 7) is 2.29. The molecule has 0 amide bonds. The first-order valence-corrected chi connectivity index (χ1v) is 7.78. The monoisotopic (exact) mass is 357 g/mol. The third kappa shape index (κ3) is 2.53. The van der Waals surface area contributed by atoms with Gasteiger partial charge in [-0.1, -0.05) is 28.9 Å². The minimum atomic E-state index is -0.347. The summed E-state index contributed by atoms with van der Waals surface area (Å²) in [7, 11) is 0. The van der Waals surface area contributed by atoms with Crippen molar-refractivity contribution >= 4 is 21.5 Å². The highest BCUT2D eigenvalue weighted by molar-refractivity contribution is 9.10. The predicted molar refractivity (Wildman–Crippen MR) is 86.8 cm³/mol. The average Bonchev–Trinajstić information content (AvgIpc) is 2.66. The fraction of sp³-hybridized carbons (Fsp3) is 0.167. The van der Waals surface area contributed by atoms with Gasteiger partial charge in [0.05, 0.1) is 6.07 Å². The van der Waals surface area contributed by atoms with E-state index in [4.69, 9.17) is 4.74 Å². The van der Waals surface area contributed by atoms with E-state index >= 15 is 0 Å². The average molecular weight is 358 g/mol. The van der Waals surface area contributed by atoms with Gasteiger partial charge in [-0.15, -0.1) is 0 Å². The molecule has 0 N–H and O–H groups in total. The lowest BCUT2D eigenvalue weighted by Gasteiger charge is -2.12. The predicted octanol–water partition coefficient (Wildman–Crippen LogP) is 5.22. The van der Waals surface area contributed by atoms with Crippen molar-refractivity contribution in [2.45, 2.75) is 20.0 Å². The molecule has 1 aliphatic rings. The van der Waals surface area contributed by atoms with E-state index in [0.717, 1.165) is 26.7 Å². The van der Waals surface area contributed by atoms with Crippen LogP contribution >= 0.6 is 15.9 Å². The summed E-state index contributed by atoms with van der Waals surface area (Å²) in [5.41, 5.74) is 4.21. The fourth-order valence-electron chi connectivity index (χ4n) is 2.69. The molecule has 0 bridgehead atoms. The Hall–Kier alpha value is -2.12. The Morgan fingerprint density at radius 1 is 1.27 bits per heavy atom. The smallest absolute Gasteiger partial charge is 0.130 e. The first-order chi connectivity index (χ1) is 10.6. The van der Waals surface area contributed by atoms with E-state index in [1.807, 2.05) is 25.1 Å². The third-order valence-electron chi connectivity index (χ3n) is 3.72. The molecule has 0 atom stereocenters. The number of halogens is 2. The van der Waals surface area contributed by atoms with Gasteiger partial charge in [0.2, 0.25) is 0 Å². The Morgan fingerprint density at radius 2 is 2.05 bits per heavy atom. The van der Waals surface area contributed by atoms with Crippen LogP contribution in [0.15, 0.2) is 46.4 Å². The molecular formula is C18H13BrFNO. The molecule has 2 aromatic carbocycles. The zero-order valence-electron chi connectivity index (χ0n) is 12.0. The molecule has 3 rings (SSSR count). The second-order valence-corrected chi connectivity index (χ2v) is 5.97. The molecule has 0 unspecified atom stereocenters. The maximum atomic E-state index is 13.5. The van der Waals surface area contributed by atoms with Crippen LogP contribution in [0.1, 0.15) is 30.0 Å². The second-order valence-electron chi connectivity index (χ2n) is 5.05. The topological polar surface area (TPSA) is 33.0 Å². The minimum absolute atomic E-state index is 0.344. The number of fused-ring (bicyclic) bond motifs is 2. The lowest BCUT2D eigenvalue weighted by atomic mass is 9.90. The molecule has 1 aliphatic heterocycles. The van der Waals surface area contributed by atoms with Crippen molar-refractivity contribution in [2.24, 2.45) is 0 Å². The number of benzene rings is 2. The Morgan fingerprint density at radius 3 is 2.77 bits per heavy atom. The van der Waals surface area contributed by atoms with Crippen LogP contribution in [0.3, 0.4) is 0 Å². The molecule has 0 fully saturated rings.